The van der Waals surface area contributed by atoms with Gasteiger partial charge in [-0.25, -0.2) is 19.2 Å². The fraction of sp³-hybridized carbons (Fsp3) is 0.176. The number of aromatic hydroxyl groups is 10. The summed E-state index contributed by atoms with van der Waals surface area (Å²) in [6, 6.07) is 0.887. The monoisotopic (exact) mass is 782 g/mol. The molecule has 4 unspecified atom stereocenters. The number of phenols is 10. The number of hydrogen-bond donors (Lipinski definition) is 13. The Bertz CT molecular complexity index is 2870. The molecule has 2 aliphatic heterocycles. The smallest absolute Gasteiger partial charge is 0.345 e. The number of benzene rings is 4. The van der Waals surface area contributed by atoms with E-state index in [1.807, 2.05) is 0 Å². The Hall–Kier alpha value is -7.40. The molecule has 2 aromatic heterocycles. The van der Waals surface area contributed by atoms with E-state index in [1.54, 1.807) is 0 Å². The summed E-state index contributed by atoms with van der Waals surface area (Å²) in [5, 5.41) is 137. The van der Waals surface area contributed by atoms with Crippen LogP contribution in [0.25, 0.3) is 55.0 Å². The van der Waals surface area contributed by atoms with E-state index in [9.17, 15) is 85.6 Å². The lowest BCUT2D eigenvalue weighted by Crippen LogP contribution is -2.60. The molecule has 5 atom stereocenters. The number of aliphatic hydroxyl groups is 3. The van der Waals surface area contributed by atoms with Crippen LogP contribution in [0.5, 0.6) is 57.5 Å². The first-order valence-corrected chi connectivity index (χ1v) is 15.7. The second-order valence-electron chi connectivity index (χ2n) is 12.6. The van der Waals surface area contributed by atoms with E-state index < -0.39 is 184 Å². The van der Waals surface area contributed by atoms with Crippen molar-refractivity contribution in [1.82, 2.24) is 0 Å². The van der Waals surface area contributed by atoms with E-state index in [0.717, 1.165) is 0 Å². The Balaban J connectivity index is 1.62. The van der Waals surface area contributed by atoms with Crippen LogP contribution in [0.3, 0.4) is 0 Å². The SMILES string of the molecule is O=C1OC[C@H]2OC(O)C(O)C(O)C2OC(=O)c2cc(O)c(O)c(O)c2-c2c(O)c(O)c3oc(=O)c4c(c(O)c(O)c5oc(=O)c2c3c54)-c2c1cc(O)c(O)c2O. The van der Waals surface area contributed by atoms with Crippen LogP contribution in [0.2, 0.25) is 0 Å². The van der Waals surface area contributed by atoms with Gasteiger partial charge in [-0.1, -0.05) is 0 Å². The molecule has 1 fully saturated rings. The number of esters is 2. The van der Waals surface area contributed by atoms with Crippen molar-refractivity contribution in [3.8, 4) is 79.7 Å². The lowest BCUT2D eigenvalue weighted by Gasteiger charge is -2.40. The van der Waals surface area contributed by atoms with Crippen LogP contribution in [-0.4, -0.2) is 116 Å². The lowest BCUT2D eigenvalue weighted by atomic mass is 9.88. The fourth-order valence-corrected chi connectivity index (χ4v) is 7.00. The van der Waals surface area contributed by atoms with Gasteiger partial charge in [0.15, 0.2) is 58.1 Å². The summed E-state index contributed by atoms with van der Waals surface area (Å²) >= 11 is 0. The Morgan fingerprint density at radius 2 is 0.929 bits per heavy atom. The average molecular weight is 783 g/mol. The summed E-state index contributed by atoms with van der Waals surface area (Å²) in [6.45, 7) is -1.15. The van der Waals surface area contributed by atoms with Gasteiger partial charge in [0.25, 0.3) is 0 Å². The number of fused-ring (bicyclic) bond motifs is 5. The third-order valence-corrected chi connectivity index (χ3v) is 9.58. The predicted octanol–water partition coefficient (Wildman–Crippen LogP) is 0.0152. The van der Waals surface area contributed by atoms with Crippen molar-refractivity contribution in [2.75, 3.05) is 6.61 Å². The van der Waals surface area contributed by atoms with Gasteiger partial charge in [-0.3, -0.25) is 0 Å². The van der Waals surface area contributed by atoms with Gasteiger partial charge in [0.2, 0.25) is 23.0 Å². The van der Waals surface area contributed by atoms with E-state index in [0.29, 0.717) is 12.1 Å². The molecule has 0 amide bonds. The number of aliphatic hydroxyl groups excluding tert-OH is 3. The Kier molecular flexibility index (Phi) is 7.50. The molecule has 22 nitrogen and oxygen atoms in total. The molecule has 56 heavy (non-hydrogen) atoms. The normalized spacial score (nSPS) is 21.3. The Morgan fingerprint density at radius 3 is 1.39 bits per heavy atom. The second-order valence-corrected chi connectivity index (χ2v) is 12.6. The maximum Gasteiger partial charge on any atom is 0.345 e. The summed E-state index contributed by atoms with van der Waals surface area (Å²) in [6.07, 6.45) is -10.9. The second kappa shape index (κ2) is 11.8. The van der Waals surface area contributed by atoms with Crippen molar-refractivity contribution in [3.05, 3.63) is 44.1 Å². The Morgan fingerprint density at radius 1 is 0.500 bits per heavy atom. The van der Waals surface area contributed by atoms with Gasteiger partial charge in [0.1, 0.15) is 24.9 Å². The highest BCUT2D eigenvalue weighted by Crippen LogP contribution is 2.58. The molecule has 0 spiro atoms. The minimum absolute atomic E-state index is 0.424. The molecular formula is C34H22O22. The molecule has 13 N–H and O–H groups in total. The quantitative estimate of drug-likeness (QED) is 0.0418. The van der Waals surface area contributed by atoms with Crippen LogP contribution >= 0.6 is 0 Å². The van der Waals surface area contributed by atoms with Crippen molar-refractivity contribution >= 4 is 44.6 Å². The minimum atomic E-state index is -2.28. The van der Waals surface area contributed by atoms with Crippen molar-refractivity contribution in [2.24, 2.45) is 0 Å². The fourth-order valence-electron chi connectivity index (χ4n) is 7.00. The van der Waals surface area contributed by atoms with Gasteiger partial charge in [0.05, 0.1) is 21.9 Å². The molecule has 290 valence electrons. The van der Waals surface area contributed by atoms with Crippen molar-refractivity contribution in [2.45, 2.75) is 30.7 Å². The van der Waals surface area contributed by atoms with Crippen LogP contribution in [-0.2, 0) is 14.2 Å². The zero-order chi connectivity index (χ0) is 40.6. The van der Waals surface area contributed by atoms with E-state index >= 15 is 0 Å². The first-order valence-electron chi connectivity index (χ1n) is 15.7. The van der Waals surface area contributed by atoms with Crippen LogP contribution in [0.15, 0.2) is 30.6 Å². The van der Waals surface area contributed by atoms with Crippen LogP contribution in [0, 0.1) is 0 Å². The van der Waals surface area contributed by atoms with Gasteiger partial charge < -0.3 is 89.4 Å². The number of carbonyl (C=O) groups excluding carboxylic acids is 2. The molecule has 6 aromatic rings. The van der Waals surface area contributed by atoms with E-state index in [-0.39, 0.29) is 0 Å². The summed E-state index contributed by atoms with van der Waals surface area (Å²) < 4.78 is 26.3. The zero-order valence-corrected chi connectivity index (χ0v) is 27.2. The van der Waals surface area contributed by atoms with Crippen molar-refractivity contribution in [1.29, 1.82) is 0 Å². The third kappa shape index (κ3) is 4.57. The topological polar surface area (TPSA) is 385 Å². The molecule has 6 bridgehead atoms. The van der Waals surface area contributed by atoms with Gasteiger partial charge in [0, 0.05) is 33.0 Å². The highest BCUT2D eigenvalue weighted by atomic mass is 16.7. The van der Waals surface area contributed by atoms with Crippen LogP contribution in [0.1, 0.15) is 20.7 Å². The van der Waals surface area contributed by atoms with E-state index in [2.05, 4.69) is 0 Å². The first kappa shape index (κ1) is 35.6. The summed E-state index contributed by atoms with van der Waals surface area (Å²) in [5.74, 6) is -17.2. The molecule has 22 heteroatoms. The third-order valence-electron chi connectivity index (χ3n) is 9.58. The molecule has 2 aliphatic rings. The molecule has 4 heterocycles. The lowest BCUT2D eigenvalue weighted by molar-refractivity contribution is -0.285. The van der Waals surface area contributed by atoms with Gasteiger partial charge in [-0.2, -0.15) is 0 Å². The highest BCUT2D eigenvalue weighted by molar-refractivity contribution is 6.29. The molecule has 1 saturated heterocycles. The van der Waals surface area contributed by atoms with Gasteiger partial charge >= 0.3 is 23.2 Å². The number of carbonyl (C=O) groups is 2. The van der Waals surface area contributed by atoms with Gasteiger partial charge in [-0.15, -0.1) is 0 Å². The maximum absolute atomic E-state index is 14.0. The Labute approximate surface area is 304 Å². The zero-order valence-electron chi connectivity index (χ0n) is 27.2. The summed E-state index contributed by atoms with van der Waals surface area (Å²) in [5.41, 5.74) is -11.8. The predicted molar refractivity (Wildman–Crippen MR) is 177 cm³/mol. The van der Waals surface area contributed by atoms with E-state index in [1.165, 1.54) is 0 Å². The first-order chi connectivity index (χ1) is 26.4. The standard InChI is InChI=1S/C34H22O22/c35-6-1-4-9(19(39)17(6)37)11-15-13-14-16(33(50)56-28(13)23(43)21(11)41)12(22(42)24(44)29(14)55-32(15)49)10-5(2-7(36)18(38)20(10)40)31(48)54-27-8(3-52-30(4)47)53-34(51)26(46)25(27)45/h1-2,8,25-27,34-46,51H,3H2/t8-,25?,26?,27?,34?/m1/s1. The van der Waals surface area contributed by atoms with Crippen LogP contribution < -0.4 is 11.3 Å². The number of hydrogen-bond acceptors (Lipinski definition) is 22. The summed E-state index contributed by atoms with van der Waals surface area (Å²) in [4.78, 5) is 55.4. The van der Waals surface area contributed by atoms with Crippen molar-refractivity contribution in [3.63, 3.8) is 0 Å². The number of rotatable bonds is 0. The highest BCUT2D eigenvalue weighted by Gasteiger charge is 2.48. The number of cyclic esters (lactones) is 1. The molecule has 0 saturated carbocycles. The van der Waals surface area contributed by atoms with E-state index in [4.69, 9.17) is 23.0 Å². The molecule has 8 rings (SSSR count). The van der Waals surface area contributed by atoms with Crippen molar-refractivity contribution < 1.29 is 99.0 Å². The molecule has 0 aliphatic carbocycles. The number of phenolic OH excluding ortho intramolecular Hbond substituents is 10. The largest absolute Gasteiger partial charge is 0.504 e. The van der Waals surface area contributed by atoms with Crippen LogP contribution in [0.4, 0.5) is 0 Å². The van der Waals surface area contributed by atoms with Gasteiger partial charge in [-0.05, 0) is 12.1 Å². The summed E-state index contributed by atoms with van der Waals surface area (Å²) in [7, 11) is 0. The molecule has 0 radical (unpaired) electrons. The molecular weight excluding hydrogens is 760 g/mol. The molecule has 4 aromatic carbocycles. The minimum Gasteiger partial charge on any atom is -0.504 e. The average Bonchev–Trinajstić information content (AvgIpc) is 3.15. The maximum atomic E-state index is 14.0. The number of ether oxygens (including phenoxy) is 3.